The van der Waals surface area contributed by atoms with Crippen LogP contribution in [0.1, 0.15) is 11.3 Å². The number of imide groups is 1. The Morgan fingerprint density at radius 2 is 2.08 bits per heavy atom. The van der Waals surface area contributed by atoms with Crippen molar-refractivity contribution < 1.29 is 19.1 Å². The summed E-state index contributed by atoms with van der Waals surface area (Å²) in [6, 6.07) is 0. The van der Waals surface area contributed by atoms with Gasteiger partial charge in [0, 0.05) is 5.25 Å². The van der Waals surface area contributed by atoms with E-state index in [1.807, 2.05) is 6.08 Å². The van der Waals surface area contributed by atoms with Crippen LogP contribution >= 0.6 is 23.1 Å². The molecule has 9 heteroatoms. The molecule has 3 fully saturated rings. The van der Waals surface area contributed by atoms with E-state index in [0.717, 1.165) is 21.2 Å². The van der Waals surface area contributed by atoms with Crippen LogP contribution in [-0.4, -0.2) is 46.6 Å². The molecule has 5 rings (SSSR count). The minimum absolute atomic E-state index is 0.0250. The lowest BCUT2D eigenvalue weighted by molar-refractivity contribution is -0.151. The number of hydrogen-bond acceptors (Lipinski definition) is 7. The first kappa shape index (κ1) is 15.4. The summed E-state index contributed by atoms with van der Waals surface area (Å²) in [7, 11) is 1.24. The molecule has 2 aliphatic heterocycles. The molecule has 3 heterocycles. The third-order valence-electron chi connectivity index (χ3n) is 5.76. The number of hydrogen-bond donors (Lipinski definition) is 1. The highest BCUT2D eigenvalue weighted by Gasteiger charge is 2.66. The lowest BCUT2D eigenvalue weighted by Gasteiger charge is -2.32. The van der Waals surface area contributed by atoms with Gasteiger partial charge < -0.3 is 9.72 Å². The zero-order chi connectivity index (χ0) is 17.5. The number of aromatic nitrogens is 1. The van der Waals surface area contributed by atoms with Crippen molar-refractivity contribution in [3.8, 4) is 0 Å². The van der Waals surface area contributed by atoms with Gasteiger partial charge in [-0.2, -0.15) is 0 Å². The maximum atomic E-state index is 12.8. The number of aromatic amines is 1. The fourth-order valence-corrected chi connectivity index (χ4v) is 7.27. The van der Waals surface area contributed by atoms with Gasteiger partial charge in [-0.05, 0) is 24.3 Å². The Bertz CT molecular complexity index is 916. The van der Waals surface area contributed by atoms with Crippen molar-refractivity contribution in [2.24, 2.45) is 23.7 Å². The second-order valence-corrected chi connectivity index (χ2v) is 8.95. The lowest BCUT2D eigenvalue weighted by atomic mass is 9.77. The Hall–Kier alpha value is -1.87. The van der Waals surface area contributed by atoms with Gasteiger partial charge in [0.1, 0.15) is 6.54 Å². The third-order valence-corrected chi connectivity index (χ3v) is 8.15. The van der Waals surface area contributed by atoms with Crippen LogP contribution in [0.2, 0.25) is 0 Å². The number of likely N-dealkylation sites (tertiary alicyclic amines) is 1. The predicted molar refractivity (Wildman–Crippen MR) is 89.9 cm³/mol. The van der Waals surface area contributed by atoms with Gasteiger partial charge >= 0.3 is 10.8 Å². The molecule has 1 aromatic heterocycles. The number of carbonyl (C=O) groups excluding carboxylic acids is 3. The maximum absolute atomic E-state index is 12.8. The molecular formula is C16H14N2O5S2. The van der Waals surface area contributed by atoms with Crippen molar-refractivity contribution in [3.05, 3.63) is 20.1 Å². The monoisotopic (exact) mass is 378 g/mol. The first-order chi connectivity index (χ1) is 12.0. The van der Waals surface area contributed by atoms with E-state index < -0.39 is 5.97 Å². The number of rotatable bonds is 2. The van der Waals surface area contributed by atoms with Crippen molar-refractivity contribution in [2.75, 3.05) is 13.7 Å². The number of carbonyl (C=O) groups is 3. The molecule has 0 unspecified atom stereocenters. The average Bonchev–Trinajstić information content (AvgIpc) is 3.29. The standard InChI is InChI=1S/C16H14N2O5S2/c1-23-9(19)4-18-14(20)10-5-2-7(11(10)15(18)21)12-6(5)3-8-13(25-12)17-16(22)24-8/h3,5,7,10-12H,2,4H2,1H3,(H,17,22)/t5-,7-,10+,11-,12-/m1/s1. The number of amides is 2. The summed E-state index contributed by atoms with van der Waals surface area (Å²) in [4.78, 5) is 53.4. The first-order valence-electron chi connectivity index (χ1n) is 8.03. The normalized spacial score (nSPS) is 34.7. The predicted octanol–water partition coefficient (Wildman–Crippen LogP) is 0.718. The smallest absolute Gasteiger partial charge is 0.325 e. The van der Waals surface area contributed by atoms with Gasteiger partial charge in [0.2, 0.25) is 11.8 Å². The van der Waals surface area contributed by atoms with Gasteiger partial charge in [0.05, 0.1) is 28.8 Å². The summed E-state index contributed by atoms with van der Waals surface area (Å²) >= 11 is 2.77. The van der Waals surface area contributed by atoms with E-state index in [0.29, 0.717) is 0 Å². The molecule has 1 saturated heterocycles. The molecule has 0 aromatic carbocycles. The average molecular weight is 378 g/mol. The van der Waals surface area contributed by atoms with E-state index in [9.17, 15) is 19.2 Å². The summed E-state index contributed by atoms with van der Waals surface area (Å²) in [6.07, 6.45) is 2.85. The molecule has 2 aliphatic carbocycles. The highest BCUT2D eigenvalue weighted by Crippen LogP contribution is 2.64. The van der Waals surface area contributed by atoms with E-state index in [1.54, 1.807) is 11.8 Å². The molecule has 5 atom stereocenters. The van der Waals surface area contributed by atoms with Crippen molar-refractivity contribution in [3.63, 3.8) is 0 Å². The number of H-pyrrole nitrogens is 1. The Balaban J connectivity index is 1.51. The summed E-state index contributed by atoms with van der Waals surface area (Å²) < 4.78 is 4.61. The van der Waals surface area contributed by atoms with Crippen LogP contribution in [0.3, 0.4) is 0 Å². The minimum atomic E-state index is -0.584. The maximum Gasteiger partial charge on any atom is 0.325 e. The molecule has 4 aliphatic rings. The fourth-order valence-electron chi connectivity index (χ4n) is 4.83. The molecule has 130 valence electrons. The van der Waals surface area contributed by atoms with Crippen LogP contribution in [0, 0.1) is 23.7 Å². The van der Waals surface area contributed by atoms with E-state index in [1.165, 1.54) is 24.0 Å². The van der Waals surface area contributed by atoms with Gasteiger partial charge in [0.15, 0.2) is 0 Å². The van der Waals surface area contributed by atoms with Crippen LogP contribution in [0.5, 0.6) is 0 Å². The zero-order valence-corrected chi connectivity index (χ0v) is 14.8. The van der Waals surface area contributed by atoms with Crippen LogP contribution in [0.25, 0.3) is 6.08 Å². The van der Waals surface area contributed by atoms with Crippen molar-refractivity contribution in [1.82, 2.24) is 9.88 Å². The van der Waals surface area contributed by atoms with Crippen LogP contribution < -0.4 is 4.87 Å². The second-order valence-electron chi connectivity index (χ2n) is 6.79. The molecular weight excluding hydrogens is 364 g/mol. The SMILES string of the molecule is COC(=O)CN1C(=O)[C@@H]2[C@H]3C[C@H](C4=Cc5sc(=O)[nH]c5S[C@H]43)[C@@H]2C1=O. The van der Waals surface area contributed by atoms with Crippen molar-refractivity contribution in [2.45, 2.75) is 16.7 Å². The van der Waals surface area contributed by atoms with Crippen LogP contribution in [-0.2, 0) is 19.1 Å². The van der Waals surface area contributed by atoms with E-state index in [4.69, 9.17) is 0 Å². The molecule has 25 heavy (non-hydrogen) atoms. The molecule has 1 aromatic rings. The summed E-state index contributed by atoms with van der Waals surface area (Å²) in [5.74, 6) is -1.73. The number of fused-ring (bicyclic) bond motifs is 9. The van der Waals surface area contributed by atoms with Crippen LogP contribution in [0.15, 0.2) is 15.4 Å². The quantitative estimate of drug-likeness (QED) is 0.602. The Morgan fingerprint density at radius 1 is 1.32 bits per heavy atom. The van der Waals surface area contributed by atoms with Crippen molar-refractivity contribution >= 4 is 47.0 Å². The molecule has 2 saturated carbocycles. The number of nitrogens with one attached hydrogen (secondary N) is 1. The van der Waals surface area contributed by atoms with Gasteiger partial charge in [-0.1, -0.05) is 28.7 Å². The molecule has 2 amide bonds. The Morgan fingerprint density at radius 3 is 2.84 bits per heavy atom. The molecule has 0 radical (unpaired) electrons. The van der Waals surface area contributed by atoms with Gasteiger partial charge in [-0.3, -0.25) is 24.1 Å². The topological polar surface area (TPSA) is 96.5 Å². The molecule has 0 spiro atoms. The Kier molecular flexibility index (Phi) is 3.12. The summed E-state index contributed by atoms with van der Waals surface area (Å²) in [5.41, 5.74) is 1.17. The molecule has 7 nitrogen and oxygen atoms in total. The second kappa shape index (κ2) is 5.07. The molecule has 2 bridgehead atoms. The number of ether oxygens (including phenoxy) is 1. The number of thiazole rings is 1. The van der Waals surface area contributed by atoms with Gasteiger partial charge in [-0.15, -0.1) is 0 Å². The summed E-state index contributed by atoms with van der Waals surface area (Å²) in [6.45, 7) is -0.307. The van der Waals surface area contributed by atoms with E-state index >= 15 is 0 Å². The largest absolute Gasteiger partial charge is 0.468 e. The van der Waals surface area contributed by atoms with Gasteiger partial charge in [0.25, 0.3) is 0 Å². The number of esters is 1. The van der Waals surface area contributed by atoms with E-state index in [-0.39, 0.29) is 52.2 Å². The zero-order valence-electron chi connectivity index (χ0n) is 13.2. The summed E-state index contributed by atoms with van der Waals surface area (Å²) in [5, 5.41) is 0.981. The Labute approximate surface area is 150 Å². The van der Waals surface area contributed by atoms with Gasteiger partial charge in [-0.25, -0.2) is 0 Å². The highest BCUT2D eigenvalue weighted by molar-refractivity contribution is 8.00. The third kappa shape index (κ3) is 1.93. The number of methoxy groups -OCH3 is 1. The first-order valence-corrected chi connectivity index (χ1v) is 9.72. The van der Waals surface area contributed by atoms with Crippen LogP contribution in [0.4, 0.5) is 0 Å². The van der Waals surface area contributed by atoms with E-state index in [2.05, 4.69) is 9.72 Å². The van der Waals surface area contributed by atoms with Crippen molar-refractivity contribution in [1.29, 1.82) is 0 Å². The number of thioether (sulfide) groups is 1. The lowest BCUT2D eigenvalue weighted by Crippen LogP contribution is -2.37. The minimum Gasteiger partial charge on any atom is -0.468 e. The fraction of sp³-hybridized carbons (Fsp3) is 0.500. The molecule has 1 N–H and O–H groups in total. The highest BCUT2D eigenvalue weighted by atomic mass is 32.2. The number of nitrogens with zero attached hydrogens (tertiary/aromatic N) is 1.